The highest BCUT2D eigenvalue weighted by Gasteiger charge is 2.45. The molecule has 0 bridgehead atoms. The summed E-state index contributed by atoms with van der Waals surface area (Å²) < 4.78 is 24.9. The normalized spacial score (nSPS) is 20.9. The second-order valence-electron chi connectivity index (χ2n) is 10.8. The lowest BCUT2D eigenvalue weighted by molar-refractivity contribution is -0.137. The van der Waals surface area contributed by atoms with E-state index in [2.05, 4.69) is 25.5 Å². The number of nitrogens with one attached hydrogen (secondary N) is 2. The number of fused-ring (bicyclic) bond motifs is 1. The van der Waals surface area contributed by atoms with Gasteiger partial charge < -0.3 is 20.1 Å². The fraction of sp³-hybridized carbons (Fsp3) is 0.379. The Hall–Kier alpha value is -3.76. The molecule has 3 heterocycles. The predicted molar refractivity (Wildman–Crippen MR) is 149 cm³/mol. The summed E-state index contributed by atoms with van der Waals surface area (Å²) in [5.41, 5.74) is 1.60. The predicted octanol–water partition coefficient (Wildman–Crippen LogP) is 5.09. The van der Waals surface area contributed by atoms with E-state index in [4.69, 9.17) is 21.1 Å². The van der Waals surface area contributed by atoms with Crippen LogP contribution in [0, 0.1) is 17.2 Å². The molecule has 3 aromatic rings. The number of nitrogens with zero attached hydrogens (tertiary/aromatic N) is 3. The van der Waals surface area contributed by atoms with Crippen LogP contribution >= 0.6 is 11.6 Å². The molecule has 40 heavy (non-hydrogen) atoms. The second kappa shape index (κ2) is 11.0. The van der Waals surface area contributed by atoms with Crippen LogP contribution in [-0.2, 0) is 14.3 Å². The topological polar surface area (TPSA) is 106 Å². The maximum Gasteiger partial charge on any atom is 0.306 e. The van der Waals surface area contributed by atoms with Crippen molar-refractivity contribution < 1.29 is 23.5 Å². The Morgan fingerprint density at radius 1 is 1.27 bits per heavy atom. The zero-order valence-corrected chi connectivity index (χ0v) is 22.5. The van der Waals surface area contributed by atoms with E-state index in [1.807, 2.05) is 6.08 Å². The fourth-order valence-electron chi connectivity index (χ4n) is 5.17. The van der Waals surface area contributed by atoms with Gasteiger partial charge in [-0.1, -0.05) is 17.7 Å². The Morgan fingerprint density at radius 2 is 2.15 bits per heavy atom. The largest absolute Gasteiger partial charge is 0.491 e. The third-order valence-corrected chi connectivity index (χ3v) is 7.85. The first-order chi connectivity index (χ1) is 19.4. The molecule has 9 nitrogen and oxygen atoms in total. The summed E-state index contributed by atoms with van der Waals surface area (Å²) in [5.74, 6) is 0.599. The first-order valence-corrected chi connectivity index (χ1v) is 13.7. The van der Waals surface area contributed by atoms with Crippen molar-refractivity contribution in [3.8, 4) is 5.75 Å². The molecule has 2 aliphatic heterocycles. The zero-order chi connectivity index (χ0) is 27.7. The summed E-state index contributed by atoms with van der Waals surface area (Å²) in [5, 5.41) is 6.75. The third kappa shape index (κ3) is 6.03. The number of esters is 1. The lowest BCUT2D eigenvalue weighted by atomic mass is 9.86. The number of likely N-dealkylation sites (tertiary alicyclic amines) is 1. The van der Waals surface area contributed by atoms with Crippen molar-refractivity contribution in [2.45, 2.75) is 25.7 Å². The number of rotatable bonds is 9. The maximum atomic E-state index is 13.6. The number of cyclic esters (lactones) is 1. The molecule has 3 fully saturated rings. The highest BCUT2D eigenvalue weighted by Crippen LogP contribution is 2.39. The molecule has 2 N–H and O–H groups in total. The summed E-state index contributed by atoms with van der Waals surface area (Å²) in [4.78, 5) is 35.5. The van der Waals surface area contributed by atoms with Gasteiger partial charge in [0.2, 0.25) is 5.91 Å². The van der Waals surface area contributed by atoms with Crippen LogP contribution in [0.25, 0.3) is 10.9 Å². The standard InChI is InChI=1S/C29H29ClFN5O4/c30-21-10-19(5-6-22(21)31)34-28-20-11-24(25(39-14-18-3-4-18)12-23(20)32-17-33-28)35-26(37)2-1-8-36-9-7-29(15-36)13-27(38)40-16-29/h1-2,5-6,10-12,17-18H,3-4,7-9,13-16H2,(H,35,37)(H,32,33,34). The molecule has 3 aliphatic rings. The second-order valence-corrected chi connectivity index (χ2v) is 11.2. The average Bonchev–Trinajstić information content (AvgIpc) is 3.58. The van der Waals surface area contributed by atoms with Crippen LogP contribution in [0.4, 0.5) is 21.6 Å². The molecule has 1 spiro atoms. The SMILES string of the molecule is O=C(C=CCN1CCC2(COC(=O)C2)C1)Nc1cc2c(Nc3ccc(F)c(Cl)c3)ncnc2cc1OCC1CC1. The Bertz CT molecular complexity index is 1500. The monoisotopic (exact) mass is 565 g/mol. The van der Waals surface area contributed by atoms with Crippen LogP contribution in [0.5, 0.6) is 5.75 Å². The van der Waals surface area contributed by atoms with Crippen molar-refractivity contribution in [1.29, 1.82) is 0 Å². The van der Waals surface area contributed by atoms with Crippen LogP contribution in [0.2, 0.25) is 5.02 Å². The van der Waals surface area contributed by atoms with Gasteiger partial charge in [-0.05, 0) is 56.0 Å². The Balaban J connectivity index is 1.18. The van der Waals surface area contributed by atoms with Gasteiger partial charge in [0.15, 0.2) is 0 Å². The molecule has 1 aliphatic carbocycles. The Labute approximate surface area is 235 Å². The van der Waals surface area contributed by atoms with E-state index in [1.54, 1.807) is 18.2 Å². The Kier molecular flexibility index (Phi) is 7.29. The van der Waals surface area contributed by atoms with Crippen molar-refractivity contribution in [2.75, 3.05) is 43.5 Å². The molecule has 6 rings (SSSR count). The number of ether oxygens (including phenoxy) is 2. The van der Waals surface area contributed by atoms with Gasteiger partial charge in [-0.3, -0.25) is 14.5 Å². The van der Waals surface area contributed by atoms with Crippen LogP contribution in [0.15, 0.2) is 48.8 Å². The van der Waals surface area contributed by atoms with Crippen molar-refractivity contribution in [2.24, 2.45) is 11.3 Å². The fourth-order valence-corrected chi connectivity index (χ4v) is 5.35. The minimum Gasteiger partial charge on any atom is -0.491 e. The van der Waals surface area contributed by atoms with Gasteiger partial charge in [-0.25, -0.2) is 14.4 Å². The van der Waals surface area contributed by atoms with Crippen molar-refractivity contribution in [1.82, 2.24) is 14.9 Å². The summed E-state index contributed by atoms with van der Waals surface area (Å²) in [6.45, 7) is 3.30. The Morgan fingerprint density at radius 3 is 2.92 bits per heavy atom. The average molecular weight is 566 g/mol. The van der Waals surface area contributed by atoms with Crippen LogP contribution < -0.4 is 15.4 Å². The number of amides is 1. The molecule has 1 unspecified atom stereocenters. The van der Waals surface area contributed by atoms with Crippen molar-refractivity contribution in [3.63, 3.8) is 0 Å². The van der Waals surface area contributed by atoms with Crippen LogP contribution in [-0.4, -0.2) is 59.6 Å². The van der Waals surface area contributed by atoms with Gasteiger partial charge in [-0.2, -0.15) is 0 Å². The molecule has 208 valence electrons. The van der Waals surface area contributed by atoms with E-state index in [-0.39, 0.29) is 22.3 Å². The molecule has 1 saturated carbocycles. The van der Waals surface area contributed by atoms with Crippen LogP contribution in [0.1, 0.15) is 25.7 Å². The molecular formula is C29H29ClFN5O4. The molecule has 2 saturated heterocycles. The number of benzene rings is 2. The first-order valence-electron chi connectivity index (χ1n) is 13.3. The van der Waals surface area contributed by atoms with E-state index < -0.39 is 5.82 Å². The number of hydrogen-bond acceptors (Lipinski definition) is 8. The summed E-state index contributed by atoms with van der Waals surface area (Å²) in [6.07, 6.45) is 8.41. The third-order valence-electron chi connectivity index (χ3n) is 7.56. The smallest absolute Gasteiger partial charge is 0.306 e. The zero-order valence-electron chi connectivity index (χ0n) is 21.8. The summed E-state index contributed by atoms with van der Waals surface area (Å²) in [6, 6.07) is 7.88. The van der Waals surface area contributed by atoms with Gasteiger partial charge in [-0.15, -0.1) is 0 Å². The molecular weight excluding hydrogens is 537 g/mol. The molecule has 1 amide bonds. The van der Waals surface area contributed by atoms with E-state index in [0.717, 1.165) is 32.4 Å². The van der Waals surface area contributed by atoms with Gasteiger partial charge >= 0.3 is 5.97 Å². The molecule has 0 radical (unpaired) electrons. The van der Waals surface area contributed by atoms with E-state index >= 15 is 0 Å². The summed E-state index contributed by atoms with van der Waals surface area (Å²) >= 11 is 5.95. The lowest BCUT2D eigenvalue weighted by Crippen LogP contribution is -2.27. The minimum absolute atomic E-state index is 0.00646. The molecule has 1 atom stereocenters. The molecule has 11 heteroatoms. The van der Waals surface area contributed by atoms with Gasteiger partial charge in [0.05, 0.1) is 35.9 Å². The number of hydrogen-bond donors (Lipinski definition) is 2. The quantitative estimate of drug-likeness (QED) is 0.273. The molecule has 1 aromatic heterocycles. The molecule has 2 aromatic carbocycles. The highest BCUT2D eigenvalue weighted by atomic mass is 35.5. The van der Waals surface area contributed by atoms with E-state index in [0.29, 0.717) is 65.9 Å². The number of aromatic nitrogens is 2. The number of anilines is 3. The highest BCUT2D eigenvalue weighted by molar-refractivity contribution is 6.31. The van der Waals surface area contributed by atoms with Gasteiger partial charge in [0.1, 0.15) is 23.7 Å². The van der Waals surface area contributed by atoms with E-state index in [9.17, 15) is 14.0 Å². The van der Waals surface area contributed by atoms with Gasteiger partial charge in [0, 0.05) is 41.7 Å². The maximum absolute atomic E-state index is 13.6. The number of carbonyl (C=O) groups excluding carboxylic acids is 2. The van der Waals surface area contributed by atoms with E-state index in [1.165, 1.54) is 24.5 Å². The first kappa shape index (κ1) is 26.5. The lowest BCUT2D eigenvalue weighted by Gasteiger charge is -2.19. The van der Waals surface area contributed by atoms with Crippen molar-refractivity contribution >= 4 is 51.6 Å². The number of carbonyl (C=O) groups is 2. The van der Waals surface area contributed by atoms with Crippen molar-refractivity contribution in [3.05, 3.63) is 59.7 Å². The number of halogens is 2. The summed E-state index contributed by atoms with van der Waals surface area (Å²) in [7, 11) is 0. The van der Waals surface area contributed by atoms with Crippen LogP contribution in [0.3, 0.4) is 0 Å². The van der Waals surface area contributed by atoms with Gasteiger partial charge in [0.25, 0.3) is 0 Å². The minimum atomic E-state index is -0.512.